The Kier molecular flexibility index (Phi) is 4.93. The SMILES string of the molecule is CCC(CC)CNc1ncncc1CNC1CC1. The summed E-state index contributed by atoms with van der Waals surface area (Å²) in [5.41, 5.74) is 1.18. The van der Waals surface area contributed by atoms with Crippen LogP contribution in [0.5, 0.6) is 0 Å². The van der Waals surface area contributed by atoms with Gasteiger partial charge in [0.15, 0.2) is 0 Å². The minimum absolute atomic E-state index is 0.720. The van der Waals surface area contributed by atoms with Crippen LogP contribution in [0.25, 0.3) is 0 Å². The van der Waals surface area contributed by atoms with Crippen LogP contribution >= 0.6 is 0 Å². The molecule has 0 saturated heterocycles. The molecule has 0 aromatic carbocycles. The molecule has 1 aliphatic rings. The van der Waals surface area contributed by atoms with E-state index in [4.69, 9.17) is 0 Å². The number of hydrogen-bond acceptors (Lipinski definition) is 4. The summed E-state index contributed by atoms with van der Waals surface area (Å²) in [5.74, 6) is 1.72. The summed E-state index contributed by atoms with van der Waals surface area (Å²) in [6.07, 6.45) is 8.58. The molecule has 1 aliphatic carbocycles. The quantitative estimate of drug-likeness (QED) is 0.742. The lowest BCUT2D eigenvalue weighted by molar-refractivity contribution is 0.518. The van der Waals surface area contributed by atoms with Crippen molar-refractivity contribution in [2.24, 2.45) is 5.92 Å². The van der Waals surface area contributed by atoms with Crippen molar-refractivity contribution in [3.8, 4) is 0 Å². The third kappa shape index (κ3) is 3.95. The van der Waals surface area contributed by atoms with Crippen molar-refractivity contribution in [3.05, 3.63) is 18.1 Å². The molecule has 18 heavy (non-hydrogen) atoms. The smallest absolute Gasteiger partial charge is 0.133 e. The second-order valence-corrected chi connectivity index (χ2v) is 5.12. The summed E-state index contributed by atoms with van der Waals surface area (Å²) in [7, 11) is 0. The molecule has 2 N–H and O–H groups in total. The maximum absolute atomic E-state index is 4.36. The summed E-state index contributed by atoms with van der Waals surface area (Å²) in [6.45, 7) is 6.36. The monoisotopic (exact) mass is 248 g/mol. The van der Waals surface area contributed by atoms with E-state index in [1.807, 2.05) is 6.20 Å². The third-order valence-corrected chi connectivity index (χ3v) is 3.66. The van der Waals surface area contributed by atoms with Gasteiger partial charge in [-0.15, -0.1) is 0 Å². The van der Waals surface area contributed by atoms with Crippen molar-refractivity contribution < 1.29 is 0 Å². The topological polar surface area (TPSA) is 49.8 Å². The average molecular weight is 248 g/mol. The molecule has 1 saturated carbocycles. The lowest BCUT2D eigenvalue weighted by Crippen LogP contribution is -2.19. The molecule has 4 heteroatoms. The minimum Gasteiger partial charge on any atom is -0.369 e. The standard InChI is InChI=1S/C14H24N4/c1-3-11(4-2)7-17-14-12(8-15-10-18-14)9-16-13-5-6-13/h8,10-11,13,16H,3-7,9H2,1-2H3,(H,15,17,18). The average Bonchev–Trinajstić information content (AvgIpc) is 3.23. The molecule has 0 unspecified atom stereocenters. The first-order valence-corrected chi connectivity index (χ1v) is 7.09. The first-order chi connectivity index (χ1) is 8.83. The van der Waals surface area contributed by atoms with Crippen molar-refractivity contribution in [1.82, 2.24) is 15.3 Å². The molecule has 0 radical (unpaired) electrons. The number of hydrogen-bond donors (Lipinski definition) is 2. The van der Waals surface area contributed by atoms with E-state index in [9.17, 15) is 0 Å². The van der Waals surface area contributed by atoms with E-state index in [0.29, 0.717) is 0 Å². The predicted octanol–water partition coefficient (Wildman–Crippen LogP) is 2.58. The molecular weight excluding hydrogens is 224 g/mol. The molecule has 0 amide bonds. The molecule has 100 valence electrons. The van der Waals surface area contributed by atoms with Crippen LogP contribution in [0.1, 0.15) is 45.1 Å². The zero-order chi connectivity index (χ0) is 12.8. The van der Waals surface area contributed by atoms with E-state index in [1.54, 1.807) is 6.33 Å². The number of rotatable bonds is 8. The maximum atomic E-state index is 4.36. The van der Waals surface area contributed by atoms with Crippen molar-refractivity contribution >= 4 is 5.82 Å². The van der Waals surface area contributed by atoms with E-state index in [1.165, 1.54) is 31.2 Å². The van der Waals surface area contributed by atoms with Crippen molar-refractivity contribution in [2.45, 2.75) is 52.1 Å². The molecule has 0 atom stereocenters. The van der Waals surface area contributed by atoms with Crippen molar-refractivity contribution in [2.75, 3.05) is 11.9 Å². The van der Waals surface area contributed by atoms with Gasteiger partial charge in [-0.25, -0.2) is 9.97 Å². The summed E-state index contributed by atoms with van der Waals surface area (Å²) < 4.78 is 0. The van der Waals surface area contributed by atoms with Gasteiger partial charge in [-0.05, 0) is 18.8 Å². The van der Waals surface area contributed by atoms with E-state index < -0.39 is 0 Å². The van der Waals surface area contributed by atoms with E-state index in [0.717, 1.165) is 30.9 Å². The van der Waals surface area contributed by atoms with Crippen LogP contribution in [-0.4, -0.2) is 22.6 Å². The highest BCUT2D eigenvalue weighted by atomic mass is 15.0. The maximum Gasteiger partial charge on any atom is 0.133 e. The Morgan fingerprint density at radius 1 is 1.33 bits per heavy atom. The zero-order valence-corrected chi connectivity index (χ0v) is 11.4. The highest BCUT2D eigenvalue weighted by molar-refractivity contribution is 5.42. The first-order valence-electron chi connectivity index (χ1n) is 7.09. The lowest BCUT2D eigenvalue weighted by Gasteiger charge is -2.15. The molecule has 1 aromatic heterocycles. The lowest BCUT2D eigenvalue weighted by atomic mass is 10.0. The molecule has 1 aromatic rings. The van der Waals surface area contributed by atoms with Crippen LogP contribution in [0, 0.1) is 5.92 Å². The van der Waals surface area contributed by atoms with Gasteiger partial charge >= 0.3 is 0 Å². The molecule has 4 nitrogen and oxygen atoms in total. The Hall–Kier alpha value is -1.16. The van der Waals surface area contributed by atoms with E-state index in [2.05, 4.69) is 34.4 Å². The third-order valence-electron chi connectivity index (χ3n) is 3.66. The molecule has 2 rings (SSSR count). The minimum atomic E-state index is 0.720. The van der Waals surface area contributed by atoms with Gasteiger partial charge in [0.05, 0.1) is 0 Å². The van der Waals surface area contributed by atoms with Gasteiger partial charge in [0.25, 0.3) is 0 Å². The highest BCUT2D eigenvalue weighted by Crippen LogP contribution is 2.20. The van der Waals surface area contributed by atoms with Gasteiger partial charge in [0, 0.05) is 30.9 Å². The summed E-state index contributed by atoms with van der Waals surface area (Å²) >= 11 is 0. The molecular formula is C14H24N4. The Morgan fingerprint density at radius 3 is 2.78 bits per heavy atom. The fourth-order valence-corrected chi connectivity index (χ4v) is 2.01. The van der Waals surface area contributed by atoms with Gasteiger partial charge in [0.1, 0.15) is 12.1 Å². The Balaban J connectivity index is 1.88. The summed E-state index contributed by atoms with van der Waals surface area (Å²) in [4.78, 5) is 8.48. The molecule has 0 bridgehead atoms. The molecule has 0 aliphatic heterocycles. The second kappa shape index (κ2) is 6.69. The van der Waals surface area contributed by atoms with Crippen LogP contribution in [0.3, 0.4) is 0 Å². The zero-order valence-electron chi connectivity index (χ0n) is 11.4. The number of nitrogens with zero attached hydrogens (tertiary/aromatic N) is 2. The van der Waals surface area contributed by atoms with Crippen LogP contribution in [-0.2, 0) is 6.54 Å². The first kappa shape index (κ1) is 13.3. The van der Waals surface area contributed by atoms with Gasteiger partial charge < -0.3 is 10.6 Å². The largest absolute Gasteiger partial charge is 0.369 e. The van der Waals surface area contributed by atoms with Crippen molar-refractivity contribution in [1.29, 1.82) is 0 Å². The van der Waals surface area contributed by atoms with Crippen LogP contribution in [0.15, 0.2) is 12.5 Å². The Bertz CT molecular complexity index is 359. The fourth-order valence-electron chi connectivity index (χ4n) is 2.01. The Morgan fingerprint density at radius 2 is 2.11 bits per heavy atom. The Labute approximate surface area is 110 Å². The second-order valence-electron chi connectivity index (χ2n) is 5.12. The fraction of sp³-hybridized carbons (Fsp3) is 0.714. The van der Waals surface area contributed by atoms with Crippen LogP contribution in [0.4, 0.5) is 5.82 Å². The van der Waals surface area contributed by atoms with Gasteiger partial charge in [-0.2, -0.15) is 0 Å². The van der Waals surface area contributed by atoms with E-state index >= 15 is 0 Å². The van der Waals surface area contributed by atoms with Gasteiger partial charge in [-0.1, -0.05) is 26.7 Å². The van der Waals surface area contributed by atoms with Crippen LogP contribution < -0.4 is 10.6 Å². The van der Waals surface area contributed by atoms with Crippen molar-refractivity contribution in [3.63, 3.8) is 0 Å². The number of aromatic nitrogens is 2. The van der Waals surface area contributed by atoms with Gasteiger partial charge in [0.2, 0.25) is 0 Å². The van der Waals surface area contributed by atoms with Gasteiger partial charge in [-0.3, -0.25) is 0 Å². The number of nitrogens with one attached hydrogen (secondary N) is 2. The predicted molar refractivity (Wildman–Crippen MR) is 74.5 cm³/mol. The van der Waals surface area contributed by atoms with Crippen LogP contribution in [0.2, 0.25) is 0 Å². The number of anilines is 1. The summed E-state index contributed by atoms with van der Waals surface area (Å²) in [6, 6.07) is 0.720. The molecule has 0 spiro atoms. The summed E-state index contributed by atoms with van der Waals surface area (Å²) in [5, 5.41) is 6.98. The molecule has 1 fully saturated rings. The normalized spacial score (nSPS) is 15.1. The highest BCUT2D eigenvalue weighted by Gasteiger charge is 2.20. The van der Waals surface area contributed by atoms with E-state index in [-0.39, 0.29) is 0 Å². The molecule has 1 heterocycles.